The summed E-state index contributed by atoms with van der Waals surface area (Å²) in [5.41, 5.74) is 0.155. The number of hydrogen-bond donors (Lipinski definition) is 1. The summed E-state index contributed by atoms with van der Waals surface area (Å²) < 4.78 is 41.5. The predicted octanol–water partition coefficient (Wildman–Crippen LogP) is 3.75. The molecule has 1 aromatic heterocycles. The predicted molar refractivity (Wildman–Crippen MR) is 70.1 cm³/mol. The minimum Gasteiger partial charge on any atom is -0.478 e. The molecule has 2 aromatic carbocycles. The average molecular weight is 291 g/mol. The van der Waals surface area contributed by atoms with Gasteiger partial charge in [0, 0.05) is 17.6 Å². The van der Waals surface area contributed by atoms with E-state index in [9.17, 15) is 18.0 Å². The van der Waals surface area contributed by atoms with Crippen LogP contribution in [0.2, 0.25) is 0 Å². The first kappa shape index (κ1) is 13.2. The molecule has 0 spiro atoms. The summed E-state index contributed by atoms with van der Waals surface area (Å²) in [5.74, 6) is -3.57. The van der Waals surface area contributed by atoms with Gasteiger partial charge in [-0.3, -0.25) is 0 Å². The van der Waals surface area contributed by atoms with E-state index in [1.807, 2.05) is 0 Å². The van der Waals surface area contributed by atoms with Gasteiger partial charge in [0.15, 0.2) is 0 Å². The normalized spacial score (nSPS) is 11.0. The fourth-order valence-electron chi connectivity index (χ4n) is 2.29. The van der Waals surface area contributed by atoms with Crippen molar-refractivity contribution in [2.24, 2.45) is 0 Å². The maximum atomic E-state index is 13.6. The van der Waals surface area contributed by atoms with E-state index in [-0.39, 0.29) is 22.2 Å². The van der Waals surface area contributed by atoms with Crippen LogP contribution in [0.15, 0.2) is 42.6 Å². The maximum Gasteiger partial charge on any atom is 0.336 e. The van der Waals surface area contributed by atoms with Crippen LogP contribution in [-0.4, -0.2) is 15.6 Å². The molecule has 21 heavy (non-hydrogen) atoms. The van der Waals surface area contributed by atoms with Gasteiger partial charge in [-0.25, -0.2) is 18.0 Å². The smallest absolute Gasteiger partial charge is 0.336 e. The first-order valence-electron chi connectivity index (χ1n) is 5.96. The lowest BCUT2D eigenvalue weighted by molar-refractivity contribution is 0.0698. The van der Waals surface area contributed by atoms with Crippen molar-refractivity contribution >= 4 is 16.9 Å². The number of carboxylic acids is 1. The van der Waals surface area contributed by atoms with Crippen molar-refractivity contribution in [3.05, 3.63) is 65.6 Å². The van der Waals surface area contributed by atoms with Gasteiger partial charge in [0.2, 0.25) is 0 Å². The molecule has 0 atom stereocenters. The number of rotatable bonds is 2. The number of carboxylic acid groups (broad SMARTS) is 1. The van der Waals surface area contributed by atoms with E-state index in [0.29, 0.717) is 0 Å². The number of carbonyl (C=O) groups is 1. The molecule has 0 aliphatic rings. The van der Waals surface area contributed by atoms with Gasteiger partial charge in [-0.2, -0.15) is 0 Å². The quantitative estimate of drug-likeness (QED) is 0.781. The van der Waals surface area contributed by atoms with Crippen LogP contribution < -0.4 is 0 Å². The average Bonchev–Trinajstić information content (AvgIpc) is 2.79. The Balaban J connectivity index is 2.32. The van der Waals surface area contributed by atoms with Gasteiger partial charge >= 0.3 is 5.97 Å². The third-order valence-corrected chi connectivity index (χ3v) is 3.13. The maximum absolute atomic E-state index is 13.6. The van der Waals surface area contributed by atoms with Gasteiger partial charge in [-0.1, -0.05) is 0 Å². The van der Waals surface area contributed by atoms with Crippen molar-refractivity contribution in [3.63, 3.8) is 0 Å². The van der Waals surface area contributed by atoms with E-state index in [0.717, 1.165) is 30.3 Å². The Morgan fingerprint density at radius 3 is 2.19 bits per heavy atom. The molecule has 0 fully saturated rings. The molecular weight excluding hydrogens is 283 g/mol. The Morgan fingerprint density at radius 1 is 0.952 bits per heavy atom. The monoisotopic (exact) mass is 291 g/mol. The fourth-order valence-corrected chi connectivity index (χ4v) is 2.29. The van der Waals surface area contributed by atoms with Crippen molar-refractivity contribution < 1.29 is 23.1 Å². The van der Waals surface area contributed by atoms with Crippen molar-refractivity contribution in [1.82, 2.24) is 4.57 Å². The summed E-state index contributed by atoms with van der Waals surface area (Å²) in [4.78, 5) is 11.1. The van der Waals surface area contributed by atoms with Crippen LogP contribution in [0, 0.1) is 17.5 Å². The molecule has 3 rings (SSSR count). The Bertz CT molecular complexity index is 850. The van der Waals surface area contributed by atoms with Crippen LogP contribution in [0.1, 0.15) is 10.4 Å². The number of aromatic nitrogens is 1. The van der Waals surface area contributed by atoms with Gasteiger partial charge in [-0.15, -0.1) is 0 Å². The van der Waals surface area contributed by atoms with E-state index in [1.54, 1.807) is 0 Å². The molecular formula is C15H8F3NO2. The van der Waals surface area contributed by atoms with Crippen LogP contribution in [0.3, 0.4) is 0 Å². The lowest BCUT2D eigenvalue weighted by Gasteiger charge is -2.07. The van der Waals surface area contributed by atoms with Crippen molar-refractivity contribution in [2.75, 3.05) is 0 Å². The fraction of sp³-hybridized carbons (Fsp3) is 0. The van der Waals surface area contributed by atoms with E-state index in [1.165, 1.54) is 16.8 Å². The zero-order valence-corrected chi connectivity index (χ0v) is 10.5. The Kier molecular flexibility index (Phi) is 2.94. The highest BCUT2D eigenvalue weighted by atomic mass is 19.1. The Labute approximate surface area is 116 Å². The highest BCUT2D eigenvalue weighted by molar-refractivity contribution is 6.03. The molecule has 0 aliphatic carbocycles. The summed E-state index contributed by atoms with van der Waals surface area (Å²) in [5, 5.41) is 9.37. The molecule has 0 radical (unpaired) electrons. The van der Waals surface area contributed by atoms with Gasteiger partial charge in [0.25, 0.3) is 0 Å². The number of benzene rings is 2. The molecule has 1 N–H and O–H groups in total. The number of aromatic carboxylic acids is 1. The molecule has 0 saturated carbocycles. The molecule has 3 aromatic rings. The highest BCUT2D eigenvalue weighted by Crippen LogP contribution is 2.26. The second-order valence-electron chi connectivity index (χ2n) is 4.50. The van der Waals surface area contributed by atoms with Crippen LogP contribution in [0.25, 0.3) is 16.6 Å². The lowest BCUT2D eigenvalue weighted by Crippen LogP contribution is -2.00. The van der Waals surface area contributed by atoms with Gasteiger partial charge < -0.3 is 9.67 Å². The molecule has 0 saturated heterocycles. The summed E-state index contributed by atoms with van der Waals surface area (Å²) in [6.45, 7) is 0. The minimum atomic E-state index is -1.28. The van der Waals surface area contributed by atoms with Gasteiger partial charge in [-0.05, 0) is 30.3 Å². The van der Waals surface area contributed by atoms with E-state index < -0.39 is 23.4 Å². The SMILES string of the molecule is O=C(O)c1cc(F)cc2c1ccn2-c1cc(F)cc(F)c1. The zero-order valence-electron chi connectivity index (χ0n) is 10.5. The van der Waals surface area contributed by atoms with Crippen LogP contribution >= 0.6 is 0 Å². The summed E-state index contributed by atoms with van der Waals surface area (Å²) in [6.07, 6.45) is 1.44. The molecule has 0 amide bonds. The number of hydrogen-bond acceptors (Lipinski definition) is 1. The molecule has 3 nitrogen and oxygen atoms in total. The highest BCUT2D eigenvalue weighted by Gasteiger charge is 2.15. The number of fused-ring (bicyclic) bond motifs is 1. The third-order valence-electron chi connectivity index (χ3n) is 3.13. The molecule has 0 unspecified atom stereocenters. The van der Waals surface area contributed by atoms with Gasteiger partial charge in [0.1, 0.15) is 17.5 Å². The van der Waals surface area contributed by atoms with E-state index in [4.69, 9.17) is 5.11 Å². The second kappa shape index (κ2) is 4.66. The standard InChI is InChI=1S/C15H8F3NO2/c16-8-3-9(17)5-11(4-8)19-2-1-12-13(15(20)21)6-10(18)7-14(12)19/h1-7H,(H,20,21). The largest absolute Gasteiger partial charge is 0.478 e. The molecule has 1 heterocycles. The Hall–Kier alpha value is -2.76. The molecule has 106 valence electrons. The summed E-state index contributed by atoms with van der Waals surface area (Å²) >= 11 is 0. The topological polar surface area (TPSA) is 42.2 Å². The first-order valence-corrected chi connectivity index (χ1v) is 5.96. The summed E-state index contributed by atoms with van der Waals surface area (Å²) in [6, 6.07) is 6.35. The molecule has 6 heteroatoms. The minimum absolute atomic E-state index is 0.143. The van der Waals surface area contributed by atoms with E-state index in [2.05, 4.69) is 0 Å². The number of halogens is 3. The Morgan fingerprint density at radius 2 is 1.57 bits per heavy atom. The van der Waals surface area contributed by atoms with E-state index >= 15 is 0 Å². The third kappa shape index (κ3) is 2.24. The van der Waals surface area contributed by atoms with Gasteiger partial charge in [0.05, 0.1) is 16.8 Å². The van der Waals surface area contributed by atoms with Crippen LogP contribution in [0.4, 0.5) is 13.2 Å². The lowest BCUT2D eigenvalue weighted by atomic mass is 10.1. The molecule has 0 aliphatic heterocycles. The van der Waals surface area contributed by atoms with Crippen molar-refractivity contribution in [1.29, 1.82) is 0 Å². The number of nitrogens with zero attached hydrogens (tertiary/aromatic N) is 1. The first-order chi connectivity index (χ1) is 9.95. The molecule has 0 bridgehead atoms. The summed E-state index contributed by atoms with van der Waals surface area (Å²) in [7, 11) is 0. The van der Waals surface area contributed by atoms with Crippen molar-refractivity contribution in [3.8, 4) is 5.69 Å². The zero-order chi connectivity index (χ0) is 15.1. The van der Waals surface area contributed by atoms with Crippen molar-refractivity contribution in [2.45, 2.75) is 0 Å². The van der Waals surface area contributed by atoms with Crippen LogP contribution in [0.5, 0.6) is 0 Å². The second-order valence-corrected chi connectivity index (χ2v) is 4.50. The van der Waals surface area contributed by atoms with Crippen LogP contribution in [-0.2, 0) is 0 Å².